The van der Waals surface area contributed by atoms with Crippen LogP contribution < -0.4 is 10.5 Å². The number of benzene rings is 1. The molecule has 0 aliphatic heterocycles. The maximum atomic E-state index is 6.25. The third-order valence-electron chi connectivity index (χ3n) is 4.41. The molecule has 1 aromatic carbocycles. The molecule has 8 heteroatoms. The van der Waals surface area contributed by atoms with Crippen LogP contribution in [-0.2, 0) is 5.54 Å². The van der Waals surface area contributed by atoms with Crippen LogP contribution in [0.25, 0.3) is 22.2 Å². The summed E-state index contributed by atoms with van der Waals surface area (Å²) in [5, 5.41) is 6.88. The van der Waals surface area contributed by atoms with E-state index in [1.807, 2.05) is 29.6 Å². The fraction of sp³-hybridized carbons (Fsp3) is 0.389. The molecule has 0 spiro atoms. The molecule has 6 nitrogen and oxygen atoms in total. The van der Waals surface area contributed by atoms with Gasteiger partial charge in [-0.1, -0.05) is 12.1 Å². The van der Waals surface area contributed by atoms with E-state index in [-0.39, 0.29) is 12.4 Å². The Kier molecular flexibility index (Phi) is 5.60. The zero-order valence-electron chi connectivity index (χ0n) is 14.5. The molecule has 2 heterocycles. The Labute approximate surface area is 162 Å². The number of aromatic nitrogens is 3. The Hall–Kier alpha value is -1.96. The summed E-state index contributed by atoms with van der Waals surface area (Å²) in [5.74, 6) is 1.88. The Balaban J connectivity index is 0.00000196. The lowest BCUT2D eigenvalue weighted by atomic mass is 9.77. The van der Waals surface area contributed by atoms with Crippen LogP contribution in [0.5, 0.6) is 5.75 Å². The molecule has 138 valence electrons. The van der Waals surface area contributed by atoms with Crippen molar-refractivity contribution >= 4 is 23.7 Å². The lowest BCUT2D eigenvalue weighted by Gasteiger charge is -2.34. The van der Waals surface area contributed by atoms with Gasteiger partial charge in [-0.3, -0.25) is 0 Å². The highest BCUT2D eigenvalue weighted by Gasteiger charge is 2.39. The van der Waals surface area contributed by atoms with Crippen molar-refractivity contribution in [3.8, 4) is 27.9 Å². The summed E-state index contributed by atoms with van der Waals surface area (Å²) in [4.78, 5) is 9.07. The Morgan fingerprint density at radius 1 is 1.23 bits per heavy atom. The topological polar surface area (TPSA) is 87.1 Å². The van der Waals surface area contributed by atoms with E-state index >= 15 is 0 Å². The molecule has 3 aromatic rings. The zero-order chi connectivity index (χ0) is 17.3. The molecule has 0 amide bonds. The van der Waals surface area contributed by atoms with Crippen LogP contribution in [0.15, 0.2) is 34.2 Å². The lowest BCUT2D eigenvalue weighted by Crippen LogP contribution is -2.44. The number of rotatable bonds is 6. The first-order valence-corrected chi connectivity index (χ1v) is 9.38. The van der Waals surface area contributed by atoms with E-state index in [1.54, 1.807) is 11.3 Å². The van der Waals surface area contributed by atoms with Gasteiger partial charge in [-0.2, -0.15) is 4.98 Å². The van der Waals surface area contributed by atoms with Crippen LogP contribution in [0.4, 0.5) is 0 Å². The molecule has 1 aliphatic carbocycles. The molecule has 0 radical (unpaired) electrons. The fourth-order valence-corrected chi connectivity index (χ4v) is 3.53. The fourth-order valence-electron chi connectivity index (χ4n) is 2.73. The van der Waals surface area contributed by atoms with Crippen LogP contribution in [0.2, 0.25) is 0 Å². The van der Waals surface area contributed by atoms with Crippen LogP contribution in [0, 0.1) is 0 Å². The lowest BCUT2D eigenvalue weighted by molar-refractivity contribution is 0.229. The minimum Gasteiger partial charge on any atom is -0.494 e. The van der Waals surface area contributed by atoms with Gasteiger partial charge in [0.2, 0.25) is 0 Å². The smallest absolute Gasteiger partial charge is 0.277 e. The Morgan fingerprint density at radius 3 is 2.65 bits per heavy atom. The molecule has 1 saturated carbocycles. The number of hydrogen-bond acceptors (Lipinski definition) is 7. The van der Waals surface area contributed by atoms with Crippen molar-refractivity contribution < 1.29 is 9.26 Å². The number of ether oxygens (including phenoxy) is 1. The third-order valence-corrected chi connectivity index (χ3v) is 5.31. The van der Waals surface area contributed by atoms with Gasteiger partial charge in [0.25, 0.3) is 5.89 Å². The van der Waals surface area contributed by atoms with Gasteiger partial charge >= 0.3 is 0 Å². The van der Waals surface area contributed by atoms with Gasteiger partial charge in [0, 0.05) is 10.9 Å². The summed E-state index contributed by atoms with van der Waals surface area (Å²) in [6.45, 7) is 2.81. The number of nitrogens with two attached hydrogens (primary N) is 1. The first-order valence-electron chi connectivity index (χ1n) is 8.50. The first-order chi connectivity index (χ1) is 12.2. The standard InChI is InChI=1S/C18H20N4O2S.ClH/c1-2-10-23-13-6-4-12(5-7-13)16-20-14(11-25-16)15-21-17(22-24-15)18(19)8-3-9-18;/h4-7,11H,2-3,8-10,19H2,1H3;1H. The van der Waals surface area contributed by atoms with Gasteiger partial charge in [0.1, 0.15) is 16.5 Å². The van der Waals surface area contributed by atoms with Crippen molar-refractivity contribution in [3.05, 3.63) is 35.5 Å². The van der Waals surface area contributed by atoms with Gasteiger partial charge in [0.05, 0.1) is 12.1 Å². The number of nitrogens with zero attached hydrogens (tertiary/aromatic N) is 3. The molecule has 2 aromatic heterocycles. The minimum atomic E-state index is -0.422. The molecule has 1 aliphatic rings. The Morgan fingerprint density at radius 2 is 2.00 bits per heavy atom. The maximum Gasteiger partial charge on any atom is 0.277 e. The van der Waals surface area contributed by atoms with E-state index < -0.39 is 5.54 Å². The van der Waals surface area contributed by atoms with Gasteiger partial charge in [-0.25, -0.2) is 4.98 Å². The van der Waals surface area contributed by atoms with Crippen molar-refractivity contribution in [1.82, 2.24) is 15.1 Å². The van der Waals surface area contributed by atoms with Gasteiger partial charge < -0.3 is 15.0 Å². The van der Waals surface area contributed by atoms with Crippen LogP contribution in [-0.4, -0.2) is 21.7 Å². The summed E-state index contributed by atoms with van der Waals surface area (Å²) >= 11 is 1.55. The van der Waals surface area contributed by atoms with Crippen LogP contribution in [0.1, 0.15) is 38.4 Å². The van der Waals surface area contributed by atoms with E-state index in [0.29, 0.717) is 17.4 Å². The molecule has 1 fully saturated rings. The summed E-state index contributed by atoms with van der Waals surface area (Å²) in [5.41, 5.74) is 7.55. The van der Waals surface area contributed by atoms with Gasteiger partial charge in [-0.05, 0) is 49.9 Å². The highest BCUT2D eigenvalue weighted by molar-refractivity contribution is 7.13. The molecule has 0 bridgehead atoms. The highest BCUT2D eigenvalue weighted by Crippen LogP contribution is 2.38. The predicted octanol–water partition coefficient (Wildman–Crippen LogP) is 4.41. The van der Waals surface area contributed by atoms with E-state index in [9.17, 15) is 0 Å². The number of thiazole rings is 1. The van der Waals surface area contributed by atoms with Crippen LogP contribution >= 0.6 is 23.7 Å². The molecule has 4 rings (SSSR count). The SMILES string of the molecule is CCCOc1ccc(-c2nc(-c3nc(C4(N)CCC4)no3)cs2)cc1.Cl. The molecular weight excluding hydrogens is 372 g/mol. The molecule has 0 saturated heterocycles. The number of halogens is 1. The first kappa shape index (κ1) is 18.8. The van der Waals surface area contributed by atoms with E-state index in [0.717, 1.165) is 48.6 Å². The van der Waals surface area contributed by atoms with Crippen molar-refractivity contribution in [2.75, 3.05) is 6.61 Å². The van der Waals surface area contributed by atoms with E-state index in [4.69, 9.17) is 15.0 Å². The Bertz CT molecular complexity index is 858. The summed E-state index contributed by atoms with van der Waals surface area (Å²) in [6, 6.07) is 7.95. The minimum absolute atomic E-state index is 0. The largest absolute Gasteiger partial charge is 0.494 e. The van der Waals surface area contributed by atoms with Gasteiger partial charge in [-0.15, -0.1) is 23.7 Å². The molecule has 2 N–H and O–H groups in total. The van der Waals surface area contributed by atoms with E-state index in [1.165, 1.54) is 0 Å². The third kappa shape index (κ3) is 3.60. The summed E-state index contributed by atoms with van der Waals surface area (Å²) in [6.07, 6.45) is 3.91. The van der Waals surface area contributed by atoms with Crippen molar-refractivity contribution in [2.24, 2.45) is 5.73 Å². The van der Waals surface area contributed by atoms with Gasteiger partial charge in [0.15, 0.2) is 5.82 Å². The number of hydrogen-bond donors (Lipinski definition) is 1. The molecule has 26 heavy (non-hydrogen) atoms. The summed E-state index contributed by atoms with van der Waals surface area (Å²) in [7, 11) is 0. The van der Waals surface area contributed by atoms with E-state index in [2.05, 4.69) is 22.0 Å². The second-order valence-electron chi connectivity index (χ2n) is 6.34. The second kappa shape index (κ2) is 7.73. The molecule has 0 unspecified atom stereocenters. The monoisotopic (exact) mass is 392 g/mol. The average Bonchev–Trinajstić information content (AvgIpc) is 3.27. The van der Waals surface area contributed by atoms with Crippen molar-refractivity contribution in [1.29, 1.82) is 0 Å². The molecule has 0 atom stereocenters. The van der Waals surface area contributed by atoms with Crippen molar-refractivity contribution in [3.63, 3.8) is 0 Å². The average molecular weight is 393 g/mol. The normalized spacial score (nSPS) is 15.2. The van der Waals surface area contributed by atoms with Crippen LogP contribution in [0.3, 0.4) is 0 Å². The molecular formula is C18H21ClN4O2S. The second-order valence-corrected chi connectivity index (χ2v) is 7.20. The summed E-state index contributed by atoms with van der Waals surface area (Å²) < 4.78 is 11.0. The predicted molar refractivity (Wildman–Crippen MR) is 104 cm³/mol. The highest BCUT2D eigenvalue weighted by atomic mass is 35.5. The maximum absolute atomic E-state index is 6.25. The van der Waals surface area contributed by atoms with Crippen molar-refractivity contribution in [2.45, 2.75) is 38.1 Å². The quantitative estimate of drug-likeness (QED) is 0.668. The zero-order valence-corrected chi connectivity index (χ0v) is 16.1.